The van der Waals surface area contributed by atoms with E-state index in [2.05, 4.69) is 17.4 Å². The average molecular weight is 393 g/mol. The molecule has 4 rings (SSSR count). The molecule has 6 nitrogen and oxygen atoms in total. The number of carbonyl (C=O) groups excluding carboxylic acids is 1. The summed E-state index contributed by atoms with van der Waals surface area (Å²) in [5, 5.41) is 3.52. The van der Waals surface area contributed by atoms with E-state index in [4.69, 9.17) is 9.15 Å². The molecule has 3 aromatic rings. The Morgan fingerprint density at radius 3 is 2.48 bits per heavy atom. The Morgan fingerprint density at radius 2 is 1.72 bits per heavy atom. The van der Waals surface area contributed by atoms with Crippen LogP contribution in [0.25, 0.3) is 11.0 Å². The molecular weight excluding hydrogens is 368 g/mol. The Bertz CT molecular complexity index is 1040. The summed E-state index contributed by atoms with van der Waals surface area (Å²) in [6, 6.07) is 18.3. The van der Waals surface area contributed by atoms with E-state index >= 15 is 0 Å². The van der Waals surface area contributed by atoms with Crippen molar-refractivity contribution in [2.24, 2.45) is 0 Å². The summed E-state index contributed by atoms with van der Waals surface area (Å²) in [6.45, 7) is 5.17. The number of nitrogens with one attached hydrogen (secondary N) is 2. The normalized spacial score (nSPS) is 17.0. The van der Waals surface area contributed by atoms with Crippen molar-refractivity contribution in [3.63, 3.8) is 0 Å². The van der Waals surface area contributed by atoms with Crippen molar-refractivity contribution in [2.75, 3.05) is 26.3 Å². The highest BCUT2D eigenvalue weighted by molar-refractivity contribution is 5.93. The average Bonchev–Trinajstić information content (AvgIpc) is 2.75. The fourth-order valence-corrected chi connectivity index (χ4v) is 4.06. The van der Waals surface area contributed by atoms with Crippen molar-refractivity contribution in [2.45, 2.75) is 19.0 Å². The van der Waals surface area contributed by atoms with Crippen LogP contribution in [0, 0.1) is 0 Å². The van der Waals surface area contributed by atoms with Crippen LogP contribution in [-0.4, -0.2) is 38.3 Å². The van der Waals surface area contributed by atoms with Gasteiger partial charge in [-0.25, -0.2) is 0 Å². The van der Waals surface area contributed by atoms with Gasteiger partial charge in [-0.2, -0.15) is 0 Å². The lowest BCUT2D eigenvalue weighted by molar-refractivity contribution is -0.940. The van der Waals surface area contributed by atoms with E-state index in [1.54, 1.807) is 24.3 Å². The number of amides is 1. The zero-order valence-electron chi connectivity index (χ0n) is 16.4. The maximum absolute atomic E-state index is 12.9. The number of benzene rings is 2. The van der Waals surface area contributed by atoms with Gasteiger partial charge in [0, 0.05) is 11.6 Å². The van der Waals surface area contributed by atoms with Crippen molar-refractivity contribution in [3.05, 3.63) is 82.2 Å². The van der Waals surface area contributed by atoms with Crippen LogP contribution in [0.15, 0.2) is 69.9 Å². The van der Waals surface area contributed by atoms with Crippen LogP contribution in [0.2, 0.25) is 0 Å². The van der Waals surface area contributed by atoms with Gasteiger partial charge in [0.1, 0.15) is 24.7 Å². The van der Waals surface area contributed by atoms with Gasteiger partial charge in [0.2, 0.25) is 0 Å². The zero-order valence-corrected chi connectivity index (χ0v) is 16.4. The first-order valence-electron chi connectivity index (χ1n) is 9.94. The van der Waals surface area contributed by atoms with E-state index in [9.17, 15) is 9.59 Å². The molecule has 1 fully saturated rings. The number of carbonyl (C=O) groups is 1. The second-order valence-corrected chi connectivity index (χ2v) is 7.39. The van der Waals surface area contributed by atoms with Gasteiger partial charge in [-0.05, 0) is 19.1 Å². The Kier molecular flexibility index (Phi) is 5.74. The molecule has 2 heterocycles. The Morgan fingerprint density at radius 1 is 1.03 bits per heavy atom. The molecule has 29 heavy (non-hydrogen) atoms. The van der Waals surface area contributed by atoms with Gasteiger partial charge in [0.05, 0.1) is 24.6 Å². The Labute approximate surface area is 169 Å². The molecule has 150 valence electrons. The Balaban J connectivity index is 1.59. The number of quaternary nitrogens is 1. The monoisotopic (exact) mass is 393 g/mol. The van der Waals surface area contributed by atoms with Crippen molar-refractivity contribution in [1.82, 2.24) is 5.32 Å². The van der Waals surface area contributed by atoms with Gasteiger partial charge in [0.25, 0.3) is 5.91 Å². The lowest BCUT2D eigenvalue weighted by Gasteiger charge is -2.35. The molecule has 0 saturated carbocycles. The minimum atomic E-state index is -0.381. The lowest BCUT2D eigenvalue weighted by Crippen LogP contribution is -3.15. The number of morpholine rings is 1. The zero-order chi connectivity index (χ0) is 20.2. The van der Waals surface area contributed by atoms with E-state index in [0.29, 0.717) is 24.2 Å². The topological polar surface area (TPSA) is 73.0 Å². The van der Waals surface area contributed by atoms with E-state index in [0.717, 1.165) is 18.7 Å². The number of ether oxygens (including phenoxy) is 1. The van der Waals surface area contributed by atoms with Gasteiger partial charge in [-0.15, -0.1) is 0 Å². The maximum atomic E-state index is 12.9. The summed E-state index contributed by atoms with van der Waals surface area (Å²) >= 11 is 0. The quantitative estimate of drug-likeness (QED) is 0.690. The third-order valence-corrected chi connectivity index (χ3v) is 5.45. The minimum absolute atomic E-state index is 0.0318. The summed E-state index contributed by atoms with van der Waals surface area (Å²) in [5.41, 5.74) is 1.36. The standard InChI is InChI=1S/C23H24N2O4/c1-16(22(17-7-3-2-4-8-17)25-11-13-28-14-12-25)24-23(27)21-15-19(26)18-9-5-6-10-20(18)29-21/h2-10,15-16,22H,11-14H2,1H3,(H,24,27)/p+1/t16-,22+/m0/s1. The number of rotatable bonds is 5. The van der Waals surface area contributed by atoms with Gasteiger partial charge in [-0.1, -0.05) is 42.5 Å². The molecule has 2 aromatic carbocycles. The molecule has 2 N–H and O–H groups in total. The molecule has 0 spiro atoms. The van der Waals surface area contributed by atoms with E-state index < -0.39 is 0 Å². The molecule has 1 aliphatic rings. The molecule has 0 unspecified atom stereocenters. The molecule has 1 amide bonds. The van der Waals surface area contributed by atoms with Crippen LogP contribution in [0.5, 0.6) is 0 Å². The first kappa shape index (κ1) is 19.4. The maximum Gasteiger partial charge on any atom is 0.287 e. The molecule has 0 aliphatic carbocycles. The molecule has 0 radical (unpaired) electrons. The predicted molar refractivity (Wildman–Crippen MR) is 110 cm³/mol. The van der Waals surface area contributed by atoms with Crippen LogP contribution in [0.4, 0.5) is 0 Å². The fourth-order valence-electron chi connectivity index (χ4n) is 4.06. The number of fused-ring (bicyclic) bond motifs is 1. The highest BCUT2D eigenvalue weighted by Crippen LogP contribution is 2.16. The van der Waals surface area contributed by atoms with Crippen molar-refractivity contribution < 1.29 is 18.8 Å². The van der Waals surface area contributed by atoms with Gasteiger partial charge < -0.3 is 19.4 Å². The molecule has 1 saturated heterocycles. The number of hydrogen-bond acceptors (Lipinski definition) is 4. The van der Waals surface area contributed by atoms with Crippen LogP contribution in [0.1, 0.15) is 29.1 Å². The van der Waals surface area contributed by atoms with E-state index in [1.807, 2.05) is 25.1 Å². The van der Waals surface area contributed by atoms with Crippen molar-refractivity contribution in [3.8, 4) is 0 Å². The second-order valence-electron chi connectivity index (χ2n) is 7.39. The van der Waals surface area contributed by atoms with Crippen molar-refractivity contribution in [1.29, 1.82) is 0 Å². The van der Waals surface area contributed by atoms with E-state index in [-0.39, 0.29) is 29.2 Å². The highest BCUT2D eigenvalue weighted by atomic mass is 16.5. The predicted octanol–water partition coefficient (Wildman–Crippen LogP) is 1.57. The van der Waals surface area contributed by atoms with Gasteiger partial charge >= 0.3 is 0 Å². The lowest BCUT2D eigenvalue weighted by atomic mass is 9.98. The third-order valence-electron chi connectivity index (χ3n) is 5.45. The number of hydrogen-bond donors (Lipinski definition) is 2. The van der Waals surface area contributed by atoms with Crippen LogP contribution in [0.3, 0.4) is 0 Å². The van der Waals surface area contributed by atoms with Crippen molar-refractivity contribution >= 4 is 16.9 Å². The minimum Gasteiger partial charge on any atom is -0.451 e. The summed E-state index contributed by atoms with van der Waals surface area (Å²) in [5.74, 6) is -0.349. The van der Waals surface area contributed by atoms with E-state index in [1.165, 1.54) is 11.0 Å². The summed E-state index contributed by atoms with van der Waals surface area (Å²) in [7, 11) is 0. The molecular formula is C23H25N2O4+. The Hall–Kier alpha value is -2.96. The number of para-hydroxylation sites is 1. The van der Waals surface area contributed by atoms with Gasteiger partial charge in [-0.3, -0.25) is 9.59 Å². The second kappa shape index (κ2) is 8.59. The molecule has 1 aliphatic heterocycles. The van der Waals surface area contributed by atoms with Gasteiger partial charge in [0.15, 0.2) is 11.2 Å². The molecule has 6 heteroatoms. The summed E-state index contributed by atoms with van der Waals surface area (Å²) in [4.78, 5) is 26.6. The molecule has 1 aromatic heterocycles. The molecule has 0 bridgehead atoms. The first-order chi connectivity index (χ1) is 14.1. The fraction of sp³-hybridized carbons (Fsp3) is 0.304. The van der Waals surface area contributed by atoms with Crippen LogP contribution >= 0.6 is 0 Å². The summed E-state index contributed by atoms with van der Waals surface area (Å²) in [6.07, 6.45) is 0. The van der Waals surface area contributed by atoms with Crippen LogP contribution in [-0.2, 0) is 4.74 Å². The smallest absolute Gasteiger partial charge is 0.287 e. The first-order valence-corrected chi connectivity index (χ1v) is 9.94. The van der Waals surface area contributed by atoms with Crippen LogP contribution < -0.4 is 15.6 Å². The summed E-state index contributed by atoms with van der Waals surface area (Å²) < 4.78 is 11.2. The third kappa shape index (κ3) is 4.23. The highest BCUT2D eigenvalue weighted by Gasteiger charge is 2.32. The largest absolute Gasteiger partial charge is 0.451 e. The molecule has 2 atom stereocenters. The SMILES string of the molecule is C[C@H](NC(=O)c1cc(=O)c2ccccc2o1)[C@H](c1ccccc1)[NH+]1CCOCC1.